The summed E-state index contributed by atoms with van der Waals surface area (Å²) in [5.41, 5.74) is 1.69. The third kappa shape index (κ3) is 7.52. The molecule has 0 aliphatic rings. The van der Waals surface area contributed by atoms with Gasteiger partial charge < -0.3 is 10.1 Å². The van der Waals surface area contributed by atoms with E-state index in [9.17, 15) is 9.59 Å². The van der Waals surface area contributed by atoms with Gasteiger partial charge in [0.2, 0.25) is 0 Å². The molecule has 0 aromatic heterocycles. The summed E-state index contributed by atoms with van der Waals surface area (Å²) in [6.45, 7) is 7.39. The first-order chi connectivity index (χ1) is 12.7. The number of carbonyl (C=O) groups is 2. The molecule has 5 nitrogen and oxygen atoms in total. The van der Waals surface area contributed by atoms with E-state index in [-0.39, 0.29) is 11.9 Å². The Balaban J connectivity index is 1.89. The van der Waals surface area contributed by atoms with Crippen molar-refractivity contribution in [2.45, 2.75) is 52.2 Å². The standard InChI is InChI=1S/C22H28N2O3/c1-16(13-14-17-9-6-5-7-10-17)23-20(25)18-11-8-12-19(15-18)24-21(26)27-22(2,3)4/h5-12,15-16H,13-14H2,1-4H3,(H,23,25)(H,24,26). The largest absolute Gasteiger partial charge is 0.444 e. The monoisotopic (exact) mass is 368 g/mol. The third-order valence-corrected chi connectivity index (χ3v) is 3.86. The Kier molecular flexibility index (Phi) is 6.99. The Morgan fingerprint density at radius 1 is 1.04 bits per heavy atom. The van der Waals surface area contributed by atoms with Crippen molar-refractivity contribution in [1.29, 1.82) is 0 Å². The van der Waals surface area contributed by atoms with Crippen molar-refractivity contribution in [3.8, 4) is 0 Å². The second-order valence-electron chi connectivity index (χ2n) is 7.61. The van der Waals surface area contributed by atoms with Crippen molar-refractivity contribution < 1.29 is 14.3 Å². The maximum atomic E-state index is 12.5. The number of anilines is 1. The fourth-order valence-electron chi connectivity index (χ4n) is 2.57. The SMILES string of the molecule is CC(CCc1ccccc1)NC(=O)c1cccc(NC(=O)OC(C)(C)C)c1. The molecule has 0 bridgehead atoms. The van der Waals surface area contributed by atoms with Gasteiger partial charge in [-0.1, -0.05) is 36.4 Å². The lowest BCUT2D eigenvalue weighted by molar-refractivity contribution is 0.0635. The third-order valence-electron chi connectivity index (χ3n) is 3.86. The molecule has 1 atom stereocenters. The normalized spacial score (nSPS) is 12.1. The van der Waals surface area contributed by atoms with Crippen molar-refractivity contribution in [3.05, 3.63) is 65.7 Å². The van der Waals surface area contributed by atoms with Crippen LogP contribution in [-0.2, 0) is 11.2 Å². The Morgan fingerprint density at radius 3 is 2.41 bits per heavy atom. The molecule has 1 unspecified atom stereocenters. The first kappa shape index (κ1) is 20.5. The Labute approximate surface area is 161 Å². The molecule has 0 saturated carbocycles. The summed E-state index contributed by atoms with van der Waals surface area (Å²) in [7, 11) is 0. The van der Waals surface area contributed by atoms with Crippen LogP contribution in [0, 0.1) is 0 Å². The summed E-state index contributed by atoms with van der Waals surface area (Å²) in [6, 6.07) is 17.1. The number of hydrogen-bond donors (Lipinski definition) is 2. The summed E-state index contributed by atoms with van der Waals surface area (Å²) in [6.07, 6.45) is 1.21. The van der Waals surface area contributed by atoms with Gasteiger partial charge in [0.15, 0.2) is 0 Å². The Morgan fingerprint density at radius 2 is 1.74 bits per heavy atom. The predicted molar refractivity (Wildman–Crippen MR) is 108 cm³/mol. The Bertz CT molecular complexity index is 767. The van der Waals surface area contributed by atoms with Crippen LogP contribution in [-0.4, -0.2) is 23.6 Å². The molecule has 0 spiro atoms. The van der Waals surface area contributed by atoms with Crippen LogP contribution in [0.2, 0.25) is 0 Å². The van der Waals surface area contributed by atoms with E-state index in [1.807, 2.05) is 25.1 Å². The average molecular weight is 368 g/mol. The van der Waals surface area contributed by atoms with Gasteiger partial charge in [0.05, 0.1) is 0 Å². The molecular weight excluding hydrogens is 340 g/mol. The molecular formula is C22H28N2O3. The van der Waals surface area contributed by atoms with Gasteiger partial charge in [-0.15, -0.1) is 0 Å². The van der Waals surface area contributed by atoms with E-state index in [2.05, 4.69) is 22.8 Å². The highest BCUT2D eigenvalue weighted by Gasteiger charge is 2.17. The highest BCUT2D eigenvalue weighted by Crippen LogP contribution is 2.14. The number of carbonyl (C=O) groups excluding carboxylic acids is 2. The maximum Gasteiger partial charge on any atom is 0.412 e. The van der Waals surface area contributed by atoms with Crippen molar-refractivity contribution in [1.82, 2.24) is 5.32 Å². The van der Waals surface area contributed by atoms with E-state index in [0.29, 0.717) is 11.3 Å². The lowest BCUT2D eigenvalue weighted by Gasteiger charge is -2.20. The number of aryl methyl sites for hydroxylation is 1. The van der Waals surface area contributed by atoms with E-state index in [4.69, 9.17) is 4.74 Å². The maximum absolute atomic E-state index is 12.5. The molecule has 0 aliphatic carbocycles. The fraction of sp³-hybridized carbons (Fsp3) is 0.364. The van der Waals surface area contributed by atoms with Gasteiger partial charge in [-0.3, -0.25) is 10.1 Å². The number of amides is 2. The zero-order valence-electron chi connectivity index (χ0n) is 16.4. The van der Waals surface area contributed by atoms with Gasteiger partial charge in [-0.2, -0.15) is 0 Å². The summed E-state index contributed by atoms with van der Waals surface area (Å²) in [5, 5.41) is 5.65. The zero-order valence-corrected chi connectivity index (χ0v) is 16.4. The molecule has 2 amide bonds. The second kappa shape index (κ2) is 9.21. The van der Waals surface area contributed by atoms with Crippen LogP contribution >= 0.6 is 0 Å². The van der Waals surface area contributed by atoms with Gasteiger partial charge in [0.1, 0.15) is 5.60 Å². The molecule has 2 aromatic carbocycles. The molecule has 0 aliphatic heterocycles. The molecule has 144 valence electrons. The summed E-state index contributed by atoms with van der Waals surface area (Å²) in [4.78, 5) is 24.4. The van der Waals surface area contributed by atoms with E-state index < -0.39 is 11.7 Å². The van der Waals surface area contributed by atoms with E-state index >= 15 is 0 Å². The number of hydrogen-bond acceptors (Lipinski definition) is 3. The number of rotatable bonds is 6. The van der Waals surface area contributed by atoms with Crippen LogP contribution in [0.1, 0.15) is 50.0 Å². The van der Waals surface area contributed by atoms with Crippen molar-refractivity contribution in [3.63, 3.8) is 0 Å². The molecule has 5 heteroatoms. The highest BCUT2D eigenvalue weighted by atomic mass is 16.6. The summed E-state index contributed by atoms with van der Waals surface area (Å²) < 4.78 is 5.23. The fourth-order valence-corrected chi connectivity index (χ4v) is 2.57. The lowest BCUT2D eigenvalue weighted by atomic mass is 10.1. The molecule has 0 fully saturated rings. The molecule has 2 rings (SSSR count). The van der Waals surface area contributed by atoms with Crippen molar-refractivity contribution in [2.24, 2.45) is 0 Å². The van der Waals surface area contributed by atoms with Gasteiger partial charge in [0.25, 0.3) is 5.91 Å². The molecule has 2 aromatic rings. The predicted octanol–water partition coefficient (Wildman–Crippen LogP) is 4.78. The number of benzene rings is 2. The second-order valence-corrected chi connectivity index (χ2v) is 7.61. The van der Waals surface area contributed by atoms with Crippen molar-refractivity contribution in [2.75, 3.05) is 5.32 Å². The van der Waals surface area contributed by atoms with E-state index in [1.54, 1.807) is 45.0 Å². The minimum absolute atomic E-state index is 0.0418. The lowest BCUT2D eigenvalue weighted by Crippen LogP contribution is -2.33. The number of nitrogens with one attached hydrogen (secondary N) is 2. The molecule has 0 saturated heterocycles. The van der Waals surface area contributed by atoms with Crippen molar-refractivity contribution >= 4 is 17.7 Å². The summed E-state index contributed by atoms with van der Waals surface area (Å²) in [5.74, 6) is -0.164. The Hall–Kier alpha value is -2.82. The molecule has 0 heterocycles. The first-order valence-corrected chi connectivity index (χ1v) is 9.18. The van der Waals surface area contributed by atoms with Gasteiger partial charge in [0, 0.05) is 17.3 Å². The highest BCUT2D eigenvalue weighted by molar-refractivity contribution is 5.96. The van der Waals surface area contributed by atoms with Crippen LogP contribution < -0.4 is 10.6 Å². The average Bonchev–Trinajstić information content (AvgIpc) is 2.59. The van der Waals surface area contributed by atoms with Gasteiger partial charge in [-0.05, 0) is 64.3 Å². The van der Waals surface area contributed by atoms with Gasteiger partial charge >= 0.3 is 6.09 Å². The molecule has 27 heavy (non-hydrogen) atoms. The molecule has 0 radical (unpaired) electrons. The minimum atomic E-state index is -0.576. The summed E-state index contributed by atoms with van der Waals surface area (Å²) >= 11 is 0. The molecule has 2 N–H and O–H groups in total. The van der Waals surface area contributed by atoms with E-state index in [0.717, 1.165) is 12.8 Å². The van der Waals surface area contributed by atoms with Crippen LogP contribution in [0.3, 0.4) is 0 Å². The van der Waals surface area contributed by atoms with E-state index in [1.165, 1.54) is 5.56 Å². The topological polar surface area (TPSA) is 67.4 Å². The minimum Gasteiger partial charge on any atom is -0.444 e. The van der Waals surface area contributed by atoms with Crippen LogP contribution in [0.25, 0.3) is 0 Å². The van der Waals surface area contributed by atoms with Gasteiger partial charge in [-0.25, -0.2) is 4.79 Å². The first-order valence-electron chi connectivity index (χ1n) is 9.18. The zero-order chi connectivity index (χ0) is 19.9. The smallest absolute Gasteiger partial charge is 0.412 e. The quantitative estimate of drug-likeness (QED) is 0.771. The van der Waals surface area contributed by atoms with Crippen LogP contribution in [0.4, 0.5) is 10.5 Å². The van der Waals surface area contributed by atoms with Crippen LogP contribution in [0.5, 0.6) is 0 Å². The van der Waals surface area contributed by atoms with Crippen LogP contribution in [0.15, 0.2) is 54.6 Å². The number of ether oxygens (including phenoxy) is 1.